The highest BCUT2D eigenvalue weighted by Gasteiger charge is 2.33. The summed E-state index contributed by atoms with van der Waals surface area (Å²) in [6.07, 6.45) is 0.790. The van der Waals surface area contributed by atoms with E-state index < -0.39 is 4.92 Å². The van der Waals surface area contributed by atoms with Crippen molar-refractivity contribution in [3.05, 3.63) is 57.5 Å². The number of para-hydroxylation sites is 2. The molecule has 0 saturated carbocycles. The molecule has 4 rings (SSSR count). The van der Waals surface area contributed by atoms with Crippen molar-refractivity contribution >= 4 is 27.8 Å². The second-order valence-corrected chi connectivity index (χ2v) is 8.00. The lowest BCUT2D eigenvalue weighted by Gasteiger charge is -2.17. The van der Waals surface area contributed by atoms with Gasteiger partial charge in [0.1, 0.15) is 11.3 Å². The molecule has 0 spiro atoms. The van der Waals surface area contributed by atoms with Crippen LogP contribution in [0.15, 0.2) is 41.8 Å². The summed E-state index contributed by atoms with van der Waals surface area (Å²) in [7, 11) is 1.62. The lowest BCUT2D eigenvalue weighted by atomic mass is 9.99. The molecule has 0 atom stereocenters. The average Bonchev–Trinajstić information content (AvgIpc) is 3.23. The topological polar surface area (TPSA) is 86.5 Å². The van der Waals surface area contributed by atoms with Gasteiger partial charge in [0.15, 0.2) is 16.6 Å². The second kappa shape index (κ2) is 6.79. The zero-order valence-corrected chi connectivity index (χ0v) is 16.5. The molecule has 0 radical (unpaired) electrons. The van der Waals surface area contributed by atoms with E-state index in [4.69, 9.17) is 9.47 Å². The quantitative estimate of drug-likeness (QED) is 0.471. The highest BCUT2D eigenvalue weighted by Crippen LogP contribution is 2.44. The number of nitro benzene ring substituents is 1. The van der Waals surface area contributed by atoms with Crippen LogP contribution in [0.3, 0.4) is 0 Å². The fourth-order valence-corrected chi connectivity index (χ4v) is 4.03. The van der Waals surface area contributed by atoms with Crippen LogP contribution >= 0.6 is 11.3 Å². The predicted octanol–water partition coefficient (Wildman–Crippen LogP) is 5.18. The van der Waals surface area contributed by atoms with Crippen molar-refractivity contribution in [2.24, 2.45) is 0 Å². The average molecular weight is 397 g/mol. The van der Waals surface area contributed by atoms with Crippen molar-refractivity contribution in [3.8, 4) is 22.8 Å². The molecule has 0 amide bonds. The summed E-state index contributed by atoms with van der Waals surface area (Å²) in [5, 5.41) is 16.7. The van der Waals surface area contributed by atoms with Gasteiger partial charge in [0.25, 0.3) is 5.69 Å². The second-order valence-electron chi connectivity index (χ2n) is 7.14. The van der Waals surface area contributed by atoms with Crippen LogP contribution in [0, 0.1) is 10.1 Å². The van der Waals surface area contributed by atoms with Gasteiger partial charge in [0, 0.05) is 29.0 Å². The Morgan fingerprint density at radius 1 is 1.32 bits per heavy atom. The van der Waals surface area contributed by atoms with E-state index in [1.807, 2.05) is 25.3 Å². The van der Waals surface area contributed by atoms with E-state index >= 15 is 0 Å². The standard InChI is InChI=1S/C20H19N3O4S/c1-20(2)10-13-8-12(9-17(26-3)18(13)27-20)15-11-28-19(22-15)21-14-6-4-5-7-16(14)23(24)25/h4-9,11H,10H2,1-3H3,(H,21,22). The molecule has 0 unspecified atom stereocenters. The SMILES string of the molecule is COc1cc(-c2csc(Nc3ccccc3[N+](=O)[O-])n2)cc2c1OC(C)(C)C2. The number of benzene rings is 2. The number of anilines is 2. The summed E-state index contributed by atoms with van der Waals surface area (Å²) in [6, 6.07) is 10.5. The minimum atomic E-state index is -0.413. The smallest absolute Gasteiger partial charge is 0.292 e. The van der Waals surface area contributed by atoms with Crippen molar-refractivity contribution in [2.75, 3.05) is 12.4 Å². The molecule has 8 heteroatoms. The number of thiazole rings is 1. The van der Waals surface area contributed by atoms with Gasteiger partial charge in [-0.05, 0) is 32.0 Å². The number of nitrogens with zero attached hydrogens (tertiary/aromatic N) is 2. The maximum atomic E-state index is 11.2. The first kappa shape index (κ1) is 18.2. The van der Waals surface area contributed by atoms with Gasteiger partial charge in [-0.3, -0.25) is 10.1 Å². The van der Waals surface area contributed by atoms with Crippen LogP contribution in [0.2, 0.25) is 0 Å². The Morgan fingerprint density at radius 2 is 2.11 bits per heavy atom. The Labute approximate surface area is 166 Å². The van der Waals surface area contributed by atoms with Gasteiger partial charge in [-0.15, -0.1) is 11.3 Å². The van der Waals surface area contributed by atoms with Gasteiger partial charge < -0.3 is 14.8 Å². The molecular weight excluding hydrogens is 378 g/mol. The van der Waals surface area contributed by atoms with Crippen molar-refractivity contribution < 1.29 is 14.4 Å². The molecule has 1 N–H and O–H groups in total. The molecule has 1 aliphatic heterocycles. The Hall–Kier alpha value is -3.13. The predicted molar refractivity (Wildman–Crippen MR) is 109 cm³/mol. The van der Waals surface area contributed by atoms with Gasteiger partial charge in [0.05, 0.1) is 17.7 Å². The highest BCUT2D eigenvalue weighted by molar-refractivity contribution is 7.14. The molecule has 2 aromatic carbocycles. The Kier molecular flexibility index (Phi) is 4.43. The first-order valence-corrected chi connectivity index (χ1v) is 9.60. The summed E-state index contributed by atoms with van der Waals surface area (Å²) in [5.74, 6) is 1.46. The molecule has 144 valence electrons. The number of rotatable bonds is 5. The van der Waals surface area contributed by atoms with Crippen LogP contribution in [0.4, 0.5) is 16.5 Å². The minimum Gasteiger partial charge on any atom is -0.493 e. The molecule has 2 heterocycles. The van der Waals surface area contributed by atoms with Crippen LogP contribution in [0.25, 0.3) is 11.3 Å². The number of ether oxygens (including phenoxy) is 2. The molecule has 7 nitrogen and oxygen atoms in total. The number of nitrogens with one attached hydrogen (secondary N) is 1. The number of hydrogen-bond acceptors (Lipinski definition) is 7. The van der Waals surface area contributed by atoms with Gasteiger partial charge >= 0.3 is 0 Å². The van der Waals surface area contributed by atoms with E-state index in [-0.39, 0.29) is 11.3 Å². The molecule has 3 aromatic rings. The third-order valence-corrected chi connectivity index (χ3v) is 5.25. The van der Waals surface area contributed by atoms with Crippen molar-refractivity contribution in [1.82, 2.24) is 4.98 Å². The van der Waals surface area contributed by atoms with E-state index in [2.05, 4.69) is 16.4 Å². The zero-order chi connectivity index (χ0) is 19.9. The summed E-state index contributed by atoms with van der Waals surface area (Å²) in [4.78, 5) is 15.4. The molecule has 0 bridgehead atoms. The number of fused-ring (bicyclic) bond motifs is 1. The van der Waals surface area contributed by atoms with E-state index in [0.717, 1.165) is 29.0 Å². The fraction of sp³-hybridized carbons (Fsp3) is 0.250. The van der Waals surface area contributed by atoms with E-state index in [1.54, 1.807) is 25.3 Å². The maximum absolute atomic E-state index is 11.2. The van der Waals surface area contributed by atoms with Crippen LogP contribution < -0.4 is 14.8 Å². The van der Waals surface area contributed by atoms with E-state index in [0.29, 0.717) is 16.6 Å². The van der Waals surface area contributed by atoms with Gasteiger partial charge in [-0.2, -0.15) is 0 Å². The normalized spacial score (nSPS) is 14.2. The highest BCUT2D eigenvalue weighted by atomic mass is 32.1. The first-order chi connectivity index (χ1) is 13.4. The zero-order valence-electron chi connectivity index (χ0n) is 15.7. The lowest BCUT2D eigenvalue weighted by Crippen LogP contribution is -2.24. The van der Waals surface area contributed by atoms with E-state index in [1.165, 1.54) is 17.4 Å². The number of hydrogen-bond donors (Lipinski definition) is 1. The molecule has 28 heavy (non-hydrogen) atoms. The lowest BCUT2D eigenvalue weighted by molar-refractivity contribution is -0.383. The van der Waals surface area contributed by atoms with Crippen LogP contribution in [-0.2, 0) is 6.42 Å². The van der Waals surface area contributed by atoms with Gasteiger partial charge in [0.2, 0.25) is 0 Å². The van der Waals surface area contributed by atoms with Gasteiger partial charge in [-0.1, -0.05) is 12.1 Å². The Morgan fingerprint density at radius 3 is 2.86 bits per heavy atom. The molecule has 1 aliphatic rings. The molecule has 0 fully saturated rings. The summed E-state index contributed by atoms with van der Waals surface area (Å²) in [6.45, 7) is 4.09. The number of nitro groups is 1. The number of methoxy groups -OCH3 is 1. The Bertz CT molecular complexity index is 1060. The molecule has 0 aliphatic carbocycles. The monoisotopic (exact) mass is 397 g/mol. The van der Waals surface area contributed by atoms with Crippen LogP contribution in [0.5, 0.6) is 11.5 Å². The van der Waals surface area contributed by atoms with Crippen molar-refractivity contribution in [2.45, 2.75) is 25.9 Å². The maximum Gasteiger partial charge on any atom is 0.292 e. The van der Waals surface area contributed by atoms with E-state index in [9.17, 15) is 10.1 Å². The third-order valence-electron chi connectivity index (χ3n) is 4.49. The van der Waals surface area contributed by atoms with Crippen LogP contribution in [0.1, 0.15) is 19.4 Å². The fourth-order valence-electron chi connectivity index (χ4n) is 3.30. The van der Waals surface area contributed by atoms with Crippen molar-refractivity contribution in [1.29, 1.82) is 0 Å². The number of aromatic nitrogens is 1. The molecular formula is C20H19N3O4S. The minimum absolute atomic E-state index is 0.0119. The summed E-state index contributed by atoms with van der Waals surface area (Å²) >= 11 is 1.39. The first-order valence-electron chi connectivity index (χ1n) is 8.72. The third kappa shape index (κ3) is 3.38. The van der Waals surface area contributed by atoms with Gasteiger partial charge in [-0.25, -0.2) is 4.98 Å². The largest absolute Gasteiger partial charge is 0.493 e. The molecule has 1 aromatic heterocycles. The molecule has 0 saturated heterocycles. The van der Waals surface area contributed by atoms with Crippen molar-refractivity contribution in [3.63, 3.8) is 0 Å². The summed E-state index contributed by atoms with van der Waals surface area (Å²) < 4.78 is 11.5. The van der Waals surface area contributed by atoms with Crippen LogP contribution in [-0.4, -0.2) is 22.6 Å². The summed E-state index contributed by atoms with van der Waals surface area (Å²) in [5.41, 5.74) is 2.93. The Balaban J connectivity index is 1.65.